The monoisotopic (exact) mass is 269 g/mol. The van der Waals surface area contributed by atoms with Crippen molar-refractivity contribution < 1.29 is 4.79 Å². The summed E-state index contributed by atoms with van der Waals surface area (Å²) >= 11 is 3.27. The summed E-state index contributed by atoms with van der Waals surface area (Å²) in [6.45, 7) is 3.53. The molecule has 1 aromatic heterocycles. The van der Waals surface area contributed by atoms with Crippen LogP contribution in [0, 0.1) is 0 Å². The lowest BCUT2D eigenvalue weighted by Gasteiger charge is -2.10. The summed E-state index contributed by atoms with van der Waals surface area (Å²) < 4.78 is 0.726. The molecule has 0 spiro atoms. The normalized spacial score (nSPS) is 11.9. The SMILES string of the molecule is C=CCC(N)C(=O)Nc1ccncc1Br. The minimum atomic E-state index is -0.567. The summed E-state index contributed by atoms with van der Waals surface area (Å²) in [6, 6.07) is 1.13. The van der Waals surface area contributed by atoms with E-state index >= 15 is 0 Å². The number of nitrogens with zero attached hydrogens (tertiary/aromatic N) is 1. The second-order valence-corrected chi connectivity index (χ2v) is 3.83. The highest BCUT2D eigenvalue weighted by atomic mass is 79.9. The Labute approximate surface area is 96.7 Å². The quantitative estimate of drug-likeness (QED) is 0.818. The summed E-state index contributed by atoms with van der Waals surface area (Å²) in [4.78, 5) is 15.4. The molecule has 0 aromatic carbocycles. The minimum absolute atomic E-state index is 0.234. The molecule has 3 N–H and O–H groups in total. The van der Waals surface area contributed by atoms with Crippen molar-refractivity contribution in [2.75, 3.05) is 5.32 Å². The van der Waals surface area contributed by atoms with Crippen LogP contribution < -0.4 is 11.1 Å². The van der Waals surface area contributed by atoms with Crippen LogP contribution in [0.15, 0.2) is 35.6 Å². The predicted octanol–water partition coefficient (Wildman–Crippen LogP) is 1.69. The van der Waals surface area contributed by atoms with Gasteiger partial charge in [-0.25, -0.2) is 0 Å². The smallest absolute Gasteiger partial charge is 0.241 e. The predicted molar refractivity (Wildman–Crippen MR) is 63.4 cm³/mol. The van der Waals surface area contributed by atoms with Crippen LogP contribution in [-0.4, -0.2) is 16.9 Å². The zero-order valence-electron chi connectivity index (χ0n) is 8.11. The van der Waals surface area contributed by atoms with Crippen LogP contribution in [0.25, 0.3) is 0 Å². The van der Waals surface area contributed by atoms with Crippen molar-refractivity contribution in [1.29, 1.82) is 0 Å². The maximum atomic E-state index is 11.5. The van der Waals surface area contributed by atoms with E-state index in [1.54, 1.807) is 24.5 Å². The van der Waals surface area contributed by atoms with Gasteiger partial charge in [0.25, 0.3) is 0 Å². The van der Waals surface area contributed by atoms with E-state index in [1.165, 1.54) is 0 Å². The molecule has 0 radical (unpaired) electrons. The van der Waals surface area contributed by atoms with Crippen LogP contribution in [0.3, 0.4) is 0 Å². The molecule has 0 saturated heterocycles. The molecular formula is C10H12BrN3O. The number of rotatable bonds is 4. The van der Waals surface area contributed by atoms with E-state index in [-0.39, 0.29) is 5.91 Å². The van der Waals surface area contributed by atoms with Gasteiger partial charge in [-0.1, -0.05) is 6.08 Å². The van der Waals surface area contributed by atoms with E-state index in [4.69, 9.17) is 5.73 Å². The average Bonchev–Trinajstić information content (AvgIpc) is 2.21. The van der Waals surface area contributed by atoms with Crippen molar-refractivity contribution in [3.63, 3.8) is 0 Å². The number of pyridine rings is 1. The number of amides is 1. The first-order valence-corrected chi connectivity index (χ1v) is 5.21. The third-order valence-electron chi connectivity index (χ3n) is 1.79. The van der Waals surface area contributed by atoms with Gasteiger partial charge in [-0.2, -0.15) is 0 Å². The Balaban J connectivity index is 2.66. The van der Waals surface area contributed by atoms with Crippen molar-refractivity contribution >= 4 is 27.5 Å². The number of aromatic nitrogens is 1. The number of halogens is 1. The molecule has 1 unspecified atom stereocenters. The first-order chi connectivity index (χ1) is 7.15. The van der Waals surface area contributed by atoms with Gasteiger partial charge in [0.1, 0.15) is 0 Å². The number of hydrogen-bond acceptors (Lipinski definition) is 3. The second kappa shape index (κ2) is 5.63. The summed E-state index contributed by atoms with van der Waals surface area (Å²) in [6.07, 6.45) is 5.27. The Bertz CT molecular complexity index is 367. The van der Waals surface area contributed by atoms with Gasteiger partial charge < -0.3 is 11.1 Å². The second-order valence-electron chi connectivity index (χ2n) is 2.98. The fraction of sp³-hybridized carbons (Fsp3) is 0.200. The fourth-order valence-electron chi connectivity index (χ4n) is 0.989. The molecule has 0 aliphatic carbocycles. The van der Waals surface area contributed by atoms with Gasteiger partial charge in [0, 0.05) is 12.4 Å². The van der Waals surface area contributed by atoms with Gasteiger partial charge in [-0.05, 0) is 28.4 Å². The minimum Gasteiger partial charge on any atom is -0.324 e. The van der Waals surface area contributed by atoms with Gasteiger partial charge in [0.2, 0.25) is 5.91 Å². The summed E-state index contributed by atoms with van der Waals surface area (Å²) in [5, 5.41) is 2.70. The lowest BCUT2D eigenvalue weighted by Crippen LogP contribution is -2.35. The van der Waals surface area contributed by atoms with E-state index in [0.29, 0.717) is 12.1 Å². The molecular weight excluding hydrogens is 258 g/mol. The number of carbonyl (C=O) groups excluding carboxylic acids is 1. The summed E-state index contributed by atoms with van der Waals surface area (Å²) in [7, 11) is 0. The fourth-order valence-corrected chi connectivity index (χ4v) is 1.34. The highest BCUT2D eigenvalue weighted by Crippen LogP contribution is 2.19. The molecule has 0 bridgehead atoms. The zero-order valence-corrected chi connectivity index (χ0v) is 9.70. The number of nitrogens with two attached hydrogens (primary N) is 1. The molecule has 1 aromatic rings. The van der Waals surface area contributed by atoms with Gasteiger partial charge in [-0.3, -0.25) is 9.78 Å². The number of nitrogens with one attached hydrogen (secondary N) is 1. The van der Waals surface area contributed by atoms with Crippen LogP contribution >= 0.6 is 15.9 Å². The maximum Gasteiger partial charge on any atom is 0.241 e. The van der Waals surface area contributed by atoms with Gasteiger partial charge in [-0.15, -0.1) is 6.58 Å². The van der Waals surface area contributed by atoms with Crippen molar-refractivity contribution in [1.82, 2.24) is 4.98 Å². The highest BCUT2D eigenvalue weighted by Gasteiger charge is 2.12. The molecule has 1 atom stereocenters. The van der Waals surface area contributed by atoms with E-state index in [0.717, 1.165) is 4.47 Å². The first kappa shape index (κ1) is 11.9. The Morgan fingerprint density at radius 2 is 2.53 bits per heavy atom. The number of hydrogen-bond donors (Lipinski definition) is 2. The van der Waals surface area contributed by atoms with Gasteiger partial charge in [0.15, 0.2) is 0 Å². The molecule has 0 fully saturated rings. The molecule has 1 amide bonds. The van der Waals surface area contributed by atoms with Gasteiger partial charge in [0.05, 0.1) is 16.2 Å². The van der Waals surface area contributed by atoms with Crippen LogP contribution in [0.1, 0.15) is 6.42 Å². The van der Waals surface area contributed by atoms with Crippen molar-refractivity contribution in [2.24, 2.45) is 5.73 Å². The maximum absolute atomic E-state index is 11.5. The van der Waals surface area contributed by atoms with E-state index in [1.807, 2.05) is 0 Å². The Morgan fingerprint density at radius 3 is 3.13 bits per heavy atom. The molecule has 1 heterocycles. The molecule has 15 heavy (non-hydrogen) atoms. The molecule has 0 aliphatic rings. The molecule has 80 valence electrons. The Morgan fingerprint density at radius 1 is 1.80 bits per heavy atom. The Hall–Kier alpha value is -1.20. The van der Waals surface area contributed by atoms with Crippen molar-refractivity contribution in [3.8, 4) is 0 Å². The van der Waals surface area contributed by atoms with Crippen LogP contribution in [0.4, 0.5) is 5.69 Å². The van der Waals surface area contributed by atoms with E-state index in [9.17, 15) is 4.79 Å². The third kappa shape index (κ3) is 3.45. The van der Waals surface area contributed by atoms with Crippen molar-refractivity contribution in [2.45, 2.75) is 12.5 Å². The lowest BCUT2D eigenvalue weighted by atomic mass is 10.2. The van der Waals surface area contributed by atoms with Crippen molar-refractivity contribution in [3.05, 3.63) is 35.6 Å². The standard InChI is InChI=1S/C10H12BrN3O/c1-2-3-8(12)10(15)14-9-4-5-13-6-7(9)11/h2,4-6,8H,1,3,12H2,(H,13,14,15). The van der Waals surface area contributed by atoms with E-state index < -0.39 is 6.04 Å². The average molecular weight is 270 g/mol. The molecule has 0 aliphatic heterocycles. The van der Waals surface area contributed by atoms with Crippen LogP contribution in [-0.2, 0) is 4.79 Å². The third-order valence-corrected chi connectivity index (χ3v) is 2.42. The number of carbonyl (C=O) groups is 1. The van der Waals surface area contributed by atoms with Crippen LogP contribution in [0.2, 0.25) is 0 Å². The molecule has 4 nitrogen and oxygen atoms in total. The Kier molecular flexibility index (Phi) is 4.45. The summed E-state index contributed by atoms with van der Waals surface area (Å²) in [5.41, 5.74) is 6.27. The van der Waals surface area contributed by atoms with Gasteiger partial charge >= 0.3 is 0 Å². The largest absolute Gasteiger partial charge is 0.324 e. The summed E-state index contributed by atoms with van der Waals surface area (Å²) in [5.74, 6) is -0.234. The molecule has 5 heteroatoms. The topological polar surface area (TPSA) is 68.0 Å². The lowest BCUT2D eigenvalue weighted by molar-refractivity contribution is -0.117. The van der Waals surface area contributed by atoms with Crippen LogP contribution in [0.5, 0.6) is 0 Å². The molecule has 1 rings (SSSR count). The first-order valence-electron chi connectivity index (χ1n) is 4.42. The molecule has 0 saturated carbocycles. The van der Waals surface area contributed by atoms with E-state index in [2.05, 4.69) is 32.8 Å². The highest BCUT2D eigenvalue weighted by molar-refractivity contribution is 9.10. The number of anilines is 1. The zero-order chi connectivity index (χ0) is 11.3.